The Hall–Kier alpha value is -7.89. The van der Waals surface area contributed by atoms with Crippen LogP contribution in [0.3, 0.4) is 0 Å². The zero-order valence-corrected chi connectivity index (χ0v) is 31.3. The SMILES string of the molecule is c1ccc(-c2nc(-c3ccccc3)nc(-c3ccc(-c4c5ccccc5c(-c5cccc(-c6ccc7ccc8cccnc8c7n6)c5)c5ccccc45)cc3)n2)cc1. The van der Waals surface area contributed by atoms with Gasteiger partial charge in [-0.2, -0.15) is 0 Å². The number of pyridine rings is 2. The fraction of sp³-hybridized carbons (Fsp3) is 0. The minimum absolute atomic E-state index is 0.634. The Morgan fingerprint density at radius 3 is 1.31 bits per heavy atom. The Labute approximate surface area is 335 Å². The normalized spacial score (nSPS) is 11.4. The molecule has 0 aliphatic carbocycles. The Bertz CT molecular complexity index is 3210. The van der Waals surface area contributed by atoms with Gasteiger partial charge in [-0.25, -0.2) is 19.9 Å². The molecule has 0 aliphatic heterocycles. The number of fused-ring (bicyclic) bond motifs is 5. The average molecular weight is 740 g/mol. The fourth-order valence-corrected chi connectivity index (χ4v) is 8.19. The van der Waals surface area contributed by atoms with Gasteiger partial charge >= 0.3 is 0 Å². The molecule has 3 aromatic heterocycles. The van der Waals surface area contributed by atoms with Crippen molar-refractivity contribution in [2.24, 2.45) is 0 Å². The van der Waals surface area contributed by atoms with Gasteiger partial charge in [0.05, 0.1) is 16.7 Å². The fourth-order valence-electron chi connectivity index (χ4n) is 8.19. The molecule has 0 unspecified atom stereocenters. The van der Waals surface area contributed by atoms with Crippen molar-refractivity contribution in [3.63, 3.8) is 0 Å². The standard InChI is InChI=1S/C53H33N5/c1-3-13-37(14-4-1)51-56-52(38-15-5-2-6-16-38)58-53(57-51)39-28-24-34(25-29-39)47-42-20-7-9-22-44(42)48(45-23-10-8-21-43(45)47)41-18-11-17-40(33-41)46-31-30-36-27-26-35-19-12-32-54-49(35)50(36)55-46/h1-33H. The Kier molecular flexibility index (Phi) is 8.07. The Balaban J connectivity index is 1.03. The smallest absolute Gasteiger partial charge is 0.164 e. The van der Waals surface area contributed by atoms with Crippen molar-refractivity contribution < 1.29 is 0 Å². The minimum Gasteiger partial charge on any atom is -0.254 e. The molecule has 0 N–H and O–H groups in total. The summed E-state index contributed by atoms with van der Waals surface area (Å²) in [6.45, 7) is 0. The van der Waals surface area contributed by atoms with Crippen LogP contribution in [0.5, 0.6) is 0 Å². The van der Waals surface area contributed by atoms with Gasteiger partial charge in [-0.1, -0.05) is 176 Å². The van der Waals surface area contributed by atoms with E-state index >= 15 is 0 Å². The predicted octanol–water partition coefficient (Wildman–Crippen LogP) is 13.3. The highest BCUT2D eigenvalue weighted by Crippen LogP contribution is 2.44. The highest BCUT2D eigenvalue weighted by Gasteiger charge is 2.18. The second-order valence-electron chi connectivity index (χ2n) is 14.4. The molecule has 0 bridgehead atoms. The van der Waals surface area contributed by atoms with Gasteiger partial charge in [-0.3, -0.25) is 4.98 Å². The predicted molar refractivity (Wildman–Crippen MR) is 238 cm³/mol. The lowest BCUT2D eigenvalue weighted by Crippen LogP contribution is -2.00. The summed E-state index contributed by atoms with van der Waals surface area (Å²) in [5.74, 6) is 1.92. The van der Waals surface area contributed by atoms with Crippen LogP contribution in [0.1, 0.15) is 0 Å². The number of rotatable bonds is 6. The van der Waals surface area contributed by atoms with Gasteiger partial charge in [0.2, 0.25) is 0 Å². The van der Waals surface area contributed by atoms with Crippen LogP contribution >= 0.6 is 0 Å². The summed E-state index contributed by atoms with van der Waals surface area (Å²) in [7, 11) is 0. The average Bonchev–Trinajstić information content (AvgIpc) is 3.31. The second kappa shape index (κ2) is 14.0. The minimum atomic E-state index is 0.634. The lowest BCUT2D eigenvalue weighted by atomic mass is 9.85. The van der Waals surface area contributed by atoms with Crippen molar-refractivity contribution in [1.29, 1.82) is 0 Å². The van der Waals surface area contributed by atoms with E-state index in [0.29, 0.717) is 17.5 Å². The topological polar surface area (TPSA) is 64.5 Å². The summed E-state index contributed by atoms with van der Waals surface area (Å²) in [4.78, 5) is 24.7. The van der Waals surface area contributed by atoms with E-state index in [0.717, 1.165) is 60.9 Å². The highest BCUT2D eigenvalue weighted by atomic mass is 15.0. The molecule has 3 heterocycles. The first kappa shape index (κ1) is 33.4. The van der Waals surface area contributed by atoms with Crippen LogP contribution in [0.25, 0.3) is 111 Å². The van der Waals surface area contributed by atoms with E-state index in [4.69, 9.17) is 19.9 Å². The molecular formula is C53H33N5. The molecule has 11 aromatic rings. The Morgan fingerprint density at radius 2 is 0.724 bits per heavy atom. The maximum Gasteiger partial charge on any atom is 0.164 e. The van der Waals surface area contributed by atoms with E-state index in [9.17, 15) is 0 Å². The summed E-state index contributed by atoms with van der Waals surface area (Å²) < 4.78 is 0. The maximum atomic E-state index is 5.18. The number of nitrogens with zero attached hydrogens (tertiary/aromatic N) is 5. The third-order valence-corrected chi connectivity index (χ3v) is 10.9. The van der Waals surface area contributed by atoms with Crippen LogP contribution in [0.2, 0.25) is 0 Å². The summed E-state index contributed by atoms with van der Waals surface area (Å²) in [6, 6.07) is 67.7. The maximum absolute atomic E-state index is 5.18. The van der Waals surface area contributed by atoms with Gasteiger partial charge in [-0.15, -0.1) is 0 Å². The zero-order valence-electron chi connectivity index (χ0n) is 31.3. The van der Waals surface area contributed by atoms with Crippen molar-refractivity contribution in [3.8, 4) is 67.7 Å². The summed E-state index contributed by atoms with van der Waals surface area (Å²) in [6.07, 6.45) is 1.84. The molecule has 11 rings (SSSR count). The van der Waals surface area contributed by atoms with Gasteiger partial charge in [-0.05, 0) is 62.0 Å². The lowest BCUT2D eigenvalue weighted by molar-refractivity contribution is 1.07. The van der Waals surface area contributed by atoms with E-state index in [2.05, 4.69) is 132 Å². The monoisotopic (exact) mass is 739 g/mol. The van der Waals surface area contributed by atoms with Crippen molar-refractivity contribution in [2.75, 3.05) is 0 Å². The molecule has 0 amide bonds. The molecule has 0 saturated heterocycles. The molecule has 270 valence electrons. The molecule has 0 saturated carbocycles. The van der Waals surface area contributed by atoms with Gasteiger partial charge < -0.3 is 0 Å². The third kappa shape index (κ3) is 5.85. The van der Waals surface area contributed by atoms with Gasteiger partial charge in [0, 0.05) is 39.2 Å². The number of hydrogen-bond donors (Lipinski definition) is 0. The molecule has 0 fully saturated rings. The second-order valence-corrected chi connectivity index (χ2v) is 14.4. The molecule has 0 atom stereocenters. The molecule has 8 aromatic carbocycles. The molecule has 0 radical (unpaired) electrons. The molecule has 58 heavy (non-hydrogen) atoms. The van der Waals surface area contributed by atoms with Gasteiger partial charge in [0.25, 0.3) is 0 Å². The van der Waals surface area contributed by atoms with Gasteiger partial charge in [0.15, 0.2) is 17.5 Å². The van der Waals surface area contributed by atoms with Crippen LogP contribution in [-0.4, -0.2) is 24.9 Å². The first-order valence-corrected chi connectivity index (χ1v) is 19.4. The first-order valence-electron chi connectivity index (χ1n) is 19.4. The van der Waals surface area contributed by atoms with Crippen LogP contribution in [0, 0.1) is 0 Å². The van der Waals surface area contributed by atoms with Crippen LogP contribution in [-0.2, 0) is 0 Å². The van der Waals surface area contributed by atoms with E-state index in [1.807, 2.05) is 72.9 Å². The van der Waals surface area contributed by atoms with Crippen molar-refractivity contribution >= 4 is 43.4 Å². The van der Waals surface area contributed by atoms with Crippen LogP contribution in [0.15, 0.2) is 200 Å². The lowest BCUT2D eigenvalue weighted by Gasteiger charge is -2.18. The third-order valence-electron chi connectivity index (χ3n) is 10.9. The van der Waals surface area contributed by atoms with Crippen LogP contribution in [0.4, 0.5) is 0 Å². The summed E-state index contributed by atoms with van der Waals surface area (Å²) in [5, 5.41) is 6.92. The first-order chi connectivity index (χ1) is 28.7. The van der Waals surface area contributed by atoms with E-state index in [1.165, 1.54) is 32.7 Å². The largest absolute Gasteiger partial charge is 0.254 e. The van der Waals surface area contributed by atoms with Crippen LogP contribution < -0.4 is 0 Å². The zero-order chi connectivity index (χ0) is 38.4. The number of hydrogen-bond acceptors (Lipinski definition) is 5. The molecule has 5 nitrogen and oxygen atoms in total. The summed E-state index contributed by atoms with van der Waals surface area (Å²) >= 11 is 0. The quantitative estimate of drug-likeness (QED) is 0.125. The van der Waals surface area contributed by atoms with Crippen molar-refractivity contribution in [2.45, 2.75) is 0 Å². The molecule has 0 spiro atoms. The van der Waals surface area contributed by atoms with E-state index in [-0.39, 0.29) is 0 Å². The van der Waals surface area contributed by atoms with Gasteiger partial charge in [0.1, 0.15) is 0 Å². The Morgan fingerprint density at radius 1 is 0.276 bits per heavy atom. The van der Waals surface area contributed by atoms with E-state index in [1.54, 1.807) is 0 Å². The molecule has 5 heteroatoms. The molecule has 0 aliphatic rings. The molecular weight excluding hydrogens is 707 g/mol. The van der Waals surface area contributed by atoms with Crippen molar-refractivity contribution in [3.05, 3.63) is 200 Å². The highest BCUT2D eigenvalue weighted by molar-refractivity contribution is 6.21. The van der Waals surface area contributed by atoms with E-state index < -0.39 is 0 Å². The summed E-state index contributed by atoms with van der Waals surface area (Å²) in [5.41, 5.74) is 11.3. The van der Waals surface area contributed by atoms with Crippen molar-refractivity contribution in [1.82, 2.24) is 24.9 Å². The number of aromatic nitrogens is 5. The number of benzene rings is 8.